The molecule has 28 heavy (non-hydrogen) atoms. The molecule has 0 aliphatic rings. The molecule has 0 aliphatic carbocycles. The highest BCUT2D eigenvalue weighted by molar-refractivity contribution is 7.14. The number of nitrogens with zero attached hydrogens (tertiary/aromatic N) is 3. The number of hydrogen-bond donors (Lipinski definition) is 1. The van der Waals surface area contributed by atoms with Gasteiger partial charge in [0.15, 0.2) is 12.3 Å². The zero-order valence-electron chi connectivity index (χ0n) is 15.1. The Kier molecular flexibility index (Phi) is 5.52. The van der Waals surface area contributed by atoms with Crippen molar-refractivity contribution in [1.82, 2.24) is 9.78 Å². The number of amides is 1. The van der Waals surface area contributed by atoms with Gasteiger partial charge in [-0.05, 0) is 31.4 Å². The molecule has 3 rings (SSSR count). The number of ether oxygens (including phenoxy) is 1. The smallest absolute Gasteiger partial charge is 0.359 e. The van der Waals surface area contributed by atoms with Gasteiger partial charge in [0.05, 0.1) is 17.0 Å². The normalized spacial score (nSPS) is 10.6. The first kappa shape index (κ1) is 19.3. The van der Waals surface area contributed by atoms with Crippen LogP contribution in [-0.4, -0.2) is 28.3 Å². The van der Waals surface area contributed by atoms with E-state index in [4.69, 9.17) is 10.00 Å². The SMILES string of the molecule is CC(C)n1nc(C(=O)OCC(=O)Nc2sccc2C#N)c2ccccc2c1=O. The summed E-state index contributed by atoms with van der Waals surface area (Å²) in [5, 5.41) is 18.4. The van der Waals surface area contributed by atoms with Crippen molar-refractivity contribution < 1.29 is 14.3 Å². The van der Waals surface area contributed by atoms with Gasteiger partial charge < -0.3 is 10.1 Å². The second-order valence-electron chi connectivity index (χ2n) is 6.14. The highest BCUT2D eigenvalue weighted by Crippen LogP contribution is 2.22. The fraction of sp³-hybridized carbons (Fsp3) is 0.211. The van der Waals surface area contributed by atoms with E-state index in [1.165, 1.54) is 16.0 Å². The summed E-state index contributed by atoms with van der Waals surface area (Å²) in [5.41, 5.74) is -0.00601. The van der Waals surface area contributed by atoms with Crippen LogP contribution >= 0.6 is 11.3 Å². The maximum atomic E-state index is 12.5. The molecule has 9 heteroatoms. The van der Waals surface area contributed by atoms with E-state index in [-0.39, 0.29) is 17.3 Å². The molecule has 0 radical (unpaired) electrons. The predicted octanol–water partition coefficient (Wildman–Crippen LogP) is 2.71. The number of carbonyl (C=O) groups excluding carboxylic acids is 2. The van der Waals surface area contributed by atoms with Gasteiger partial charge in [-0.2, -0.15) is 10.4 Å². The van der Waals surface area contributed by atoms with E-state index >= 15 is 0 Å². The Balaban J connectivity index is 1.82. The number of rotatable bonds is 5. The number of aromatic nitrogens is 2. The van der Waals surface area contributed by atoms with Crippen molar-refractivity contribution in [3.63, 3.8) is 0 Å². The highest BCUT2D eigenvalue weighted by Gasteiger charge is 2.20. The van der Waals surface area contributed by atoms with Crippen LogP contribution < -0.4 is 10.9 Å². The second-order valence-corrected chi connectivity index (χ2v) is 7.05. The van der Waals surface area contributed by atoms with Crippen molar-refractivity contribution in [1.29, 1.82) is 5.26 Å². The summed E-state index contributed by atoms with van der Waals surface area (Å²) in [6, 6.07) is 9.89. The summed E-state index contributed by atoms with van der Waals surface area (Å²) in [4.78, 5) is 37.1. The lowest BCUT2D eigenvalue weighted by molar-refractivity contribution is -0.119. The van der Waals surface area contributed by atoms with E-state index < -0.39 is 18.5 Å². The summed E-state index contributed by atoms with van der Waals surface area (Å²) in [6.07, 6.45) is 0. The fourth-order valence-electron chi connectivity index (χ4n) is 2.56. The van der Waals surface area contributed by atoms with Gasteiger partial charge in [-0.15, -0.1) is 11.3 Å². The third kappa shape index (κ3) is 3.77. The first-order chi connectivity index (χ1) is 13.4. The number of anilines is 1. The molecule has 0 bridgehead atoms. The molecule has 0 unspecified atom stereocenters. The summed E-state index contributed by atoms with van der Waals surface area (Å²) >= 11 is 1.20. The van der Waals surface area contributed by atoms with Crippen LogP contribution in [0.3, 0.4) is 0 Å². The molecule has 0 saturated carbocycles. The summed E-state index contributed by atoms with van der Waals surface area (Å²) in [7, 11) is 0. The molecule has 0 fully saturated rings. The topological polar surface area (TPSA) is 114 Å². The zero-order valence-corrected chi connectivity index (χ0v) is 15.9. The Morgan fingerprint density at radius 3 is 2.68 bits per heavy atom. The number of carbonyl (C=O) groups is 2. The van der Waals surface area contributed by atoms with Gasteiger partial charge in [-0.3, -0.25) is 9.59 Å². The maximum Gasteiger partial charge on any atom is 0.359 e. The maximum absolute atomic E-state index is 12.5. The van der Waals surface area contributed by atoms with Crippen LogP contribution in [0, 0.1) is 11.3 Å². The molecule has 8 nitrogen and oxygen atoms in total. The van der Waals surface area contributed by atoms with Gasteiger partial charge in [-0.1, -0.05) is 18.2 Å². The molecule has 0 saturated heterocycles. The number of fused-ring (bicyclic) bond motifs is 1. The van der Waals surface area contributed by atoms with E-state index in [2.05, 4.69) is 10.4 Å². The minimum atomic E-state index is -0.813. The molecule has 0 atom stereocenters. The van der Waals surface area contributed by atoms with Crippen LogP contribution in [0.5, 0.6) is 0 Å². The van der Waals surface area contributed by atoms with E-state index in [1.54, 1.807) is 49.6 Å². The lowest BCUT2D eigenvalue weighted by Crippen LogP contribution is -2.28. The molecular formula is C19H16N4O4S. The second kappa shape index (κ2) is 8.02. The van der Waals surface area contributed by atoms with Crippen LogP contribution in [0.1, 0.15) is 35.9 Å². The summed E-state index contributed by atoms with van der Waals surface area (Å²) in [6.45, 7) is 3.01. The molecule has 3 aromatic rings. The molecule has 142 valence electrons. The van der Waals surface area contributed by atoms with E-state index in [0.29, 0.717) is 21.3 Å². The van der Waals surface area contributed by atoms with Crippen molar-refractivity contribution in [3.8, 4) is 6.07 Å². The quantitative estimate of drug-likeness (QED) is 0.663. The Hall–Kier alpha value is -3.51. The highest BCUT2D eigenvalue weighted by atomic mass is 32.1. The Bertz CT molecular complexity index is 1160. The lowest BCUT2D eigenvalue weighted by Gasteiger charge is -2.13. The standard InChI is InChI=1S/C19H16N4O4S/c1-11(2)23-18(25)14-6-4-3-5-13(14)16(22-23)19(26)27-10-15(24)21-17-12(9-20)7-8-28-17/h3-8,11H,10H2,1-2H3,(H,21,24). The third-order valence-corrected chi connectivity index (χ3v) is 4.71. The van der Waals surface area contributed by atoms with Gasteiger partial charge in [0.1, 0.15) is 11.1 Å². The average molecular weight is 396 g/mol. The van der Waals surface area contributed by atoms with Crippen molar-refractivity contribution >= 4 is 39.0 Å². The van der Waals surface area contributed by atoms with Crippen LogP contribution in [-0.2, 0) is 9.53 Å². The van der Waals surface area contributed by atoms with Gasteiger partial charge in [0.2, 0.25) is 0 Å². The number of thiophene rings is 1. The predicted molar refractivity (Wildman–Crippen MR) is 104 cm³/mol. The zero-order chi connectivity index (χ0) is 20.3. The van der Waals surface area contributed by atoms with Crippen LogP contribution in [0.4, 0.5) is 5.00 Å². The minimum absolute atomic E-state index is 0.0365. The molecule has 1 N–H and O–H groups in total. The molecule has 0 aliphatic heterocycles. The van der Waals surface area contributed by atoms with Crippen LogP contribution in [0.15, 0.2) is 40.5 Å². The van der Waals surface area contributed by atoms with Gasteiger partial charge >= 0.3 is 5.97 Å². The van der Waals surface area contributed by atoms with E-state index in [9.17, 15) is 14.4 Å². The van der Waals surface area contributed by atoms with Crippen molar-refractivity contribution in [2.75, 3.05) is 11.9 Å². The van der Waals surface area contributed by atoms with Crippen molar-refractivity contribution in [3.05, 3.63) is 57.3 Å². The van der Waals surface area contributed by atoms with Crippen LogP contribution in [0.25, 0.3) is 10.8 Å². The first-order valence-corrected chi connectivity index (χ1v) is 9.26. The summed E-state index contributed by atoms with van der Waals surface area (Å²) in [5.74, 6) is -1.39. The molecule has 2 aromatic heterocycles. The van der Waals surface area contributed by atoms with Gasteiger partial charge in [0.25, 0.3) is 11.5 Å². The third-order valence-electron chi connectivity index (χ3n) is 3.88. The van der Waals surface area contributed by atoms with Crippen molar-refractivity contribution in [2.24, 2.45) is 0 Å². The Morgan fingerprint density at radius 1 is 1.29 bits per heavy atom. The Morgan fingerprint density at radius 2 is 2.00 bits per heavy atom. The monoisotopic (exact) mass is 396 g/mol. The number of hydrogen-bond acceptors (Lipinski definition) is 7. The molecule has 1 aromatic carbocycles. The molecule has 1 amide bonds. The average Bonchev–Trinajstić information content (AvgIpc) is 3.13. The lowest BCUT2D eigenvalue weighted by atomic mass is 10.1. The largest absolute Gasteiger partial charge is 0.451 e. The van der Waals surface area contributed by atoms with Gasteiger partial charge in [-0.25, -0.2) is 9.48 Å². The first-order valence-electron chi connectivity index (χ1n) is 8.38. The number of nitriles is 1. The molecule has 2 heterocycles. The number of esters is 1. The van der Waals surface area contributed by atoms with Gasteiger partial charge in [0, 0.05) is 5.39 Å². The van der Waals surface area contributed by atoms with E-state index in [0.717, 1.165) is 0 Å². The van der Waals surface area contributed by atoms with E-state index in [1.807, 2.05) is 6.07 Å². The number of nitrogens with one attached hydrogen (secondary N) is 1. The minimum Gasteiger partial charge on any atom is -0.451 e. The van der Waals surface area contributed by atoms with Crippen molar-refractivity contribution in [2.45, 2.75) is 19.9 Å². The number of benzene rings is 1. The fourth-order valence-corrected chi connectivity index (χ4v) is 3.32. The Labute approximate surface area is 164 Å². The summed E-state index contributed by atoms with van der Waals surface area (Å²) < 4.78 is 6.30. The van der Waals surface area contributed by atoms with Crippen LogP contribution in [0.2, 0.25) is 0 Å². The molecule has 0 spiro atoms. The molecular weight excluding hydrogens is 380 g/mol.